The zero-order chi connectivity index (χ0) is 23.2. The lowest BCUT2D eigenvalue weighted by Crippen LogP contribution is -2.02. The molecule has 33 heavy (non-hydrogen) atoms. The number of hydrogen-bond donors (Lipinski definition) is 2. The van der Waals surface area contributed by atoms with E-state index in [2.05, 4.69) is 26.3 Å². The third-order valence-corrected chi connectivity index (χ3v) is 7.20. The van der Waals surface area contributed by atoms with Crippen LogP contribution in [0.2, 0.25) is 0 Å². The van der Waals surface area contributed by atoms with Gasteiger partial charge in [0.1, 0.15) is 34.3 Å². The predicted octanol–water partition coefficient (Wildman–Crippen LogP) is 5.60. The number of nitrogens with zero attached hydrogens (tertiary/aromatic N) is 4. The second kappa shape index (κ2) is 10.5. The first-order valence-electron chi connectivity index (χ1n) is 9.69. The lowest BCUT2D eigenvalue weighted by Gasteiger charge is -2.13. The fraction of sp³-hybridized carbons (Fsp3) is 0.130. The third-order valence-electron chi connectivity index (χ3n) is 4.57. The summed E-state index contributed by atoms with van der Waals surface area (Å²) in [5.41, 5.74) is 9.66. The summed E-state index contributed by atoms with van der Waals surface area (Å²) in [7, 11) is 0. The number of nitriles is 1. The highest BCUT2D eigenvalue weighted by Crippen LogP contribution is 2.42. The molecule has 3 aromatic heterocycles. The van der Waals surface area contributed by atoms with Gasteiger partial charge in [-0.1, -0.05) is 23.9 Å². The number of thiazole rings is 1. The SMILES string of the molecule is [C-]#[N+]c1c(N)nc(SCc2csc(-c3ccsc3)n2)c(C#N)c1-c1ccc(OCCO)cc1. The number of aliphatic hydroxyl groups is 1. The number of ether oxygens (including phenoxy) is 1. The Hall–Kier alpha value is -3.41. The normalized spacial score (nSPS) is 10.5. The molecule has 3 N–H and O–H groups in total. The number of nitrogen functional groups attached to an aromatic ring is 1. The van der Waals surface area contributed by atoms with Gasteiger partial charge in [-0.25, -0.2) is 14.8 Å². The molecule has 0 saturated carbocycles. The zero-order valence-electron chi connectivity index (χ0n) is 17.2. The molecule has 3 heterocycles. The number of thioether (sulfide) groups is 1. The van der Waals surface area contributed by atoms with Gasteiger partial charge in [-0.05, 0) is 29.1 Å². The van der Waals surface area contributed by atoms with E-state index in [0.29, 0.717) is 33.2 Å². The summed E-state index contributed by atoms with van der Waals surface area (Å²) in [6.45, 7) is 7.68. The molecular formula is C23H17N5O2S3. The van der Waals surface area contributed by atoms with Crippen LogP contribution in [-0.4, -0.2) is 28.3 Å². The van der Waals surface area contributed by atoms with Gasteiger partial charge in [-0.15, -0.1) is 11.3 Å². The number of pyridine rings is 1. The molecule has 0 aliphatic carbocycles. The molecule has 0 amide bonds. The first kappa shape index (κ1) is 22.8. The lowest BCUT2D eigenvalue weighted by molar-refractivity contribution is 0.201. The highest BCUT2D eigenvalue weighted by Gasteiger charge is 2.21. The molecule has 164 valence electrons. The van der Waals surface area contributed by atoms with Crippen molar-refractivity contribution in [2.75, 3.05) is 18.9 Å². The smallest absolute Gasteiger partial charge is 0.236 e. The summed E-state index contributed by atoms with van der Waals surface area (Å²) in [6, 6.07) is 11.2. The monoisotopic (exact) mass is 491 g/mol. The van der Waals surface area contributed by atoms with Gasteiger partial charge in [-0.3, -0.25) is 0 Å². The minimum Gasteiger partial charge on any atom is -0.491 e. The number of aromatic nitrogens is 2. The van der Waals surface area contributed by atoms with Crippen LogP contribution in [0.15, 0.2) is 51.5 Å². The topological polar surface area (TPSA) is 109 Å². The Kier molecular flexibility index (Phi) is 7.23. The molecule has 0 fully saturated rings. The molecule has 4 rings (SSSR count). The zero-order valence-corrected chi connectivity index (χ0v) is 19.6. The van der Waals surface area contributed by atoms with Crippen LogP contribution < -0.4 is 10.5 Å². The molecule has 0 unspecified atom stereocenters. The molecule has 4 aromatic rings. The fourth-order valence-corrected chi connectivity index (χ4v) is 5.61. The molecule has 0 bridgehead atoms. The van der Waals surface area contributed by atoms with Crippen LogP contribution in [0.5, 0.6) is 5.75 Å². The lowest BCUT2D eigenvalue weighted by atomic mass is 10.00. The number of aliphatic hydroxyl groups excluding tert-OH is 1. The number of benzene rings is 1. The maximum absolute atomic E-state index is 9.96. The van der Waals surface area contributed by atoms with E-state index in [1.807, 2.05) is 16.8 Å². The number of rotatable bonds is 8. The summed E-state index contributed by atoms with van der Waals surface area (Å²) < 4.78 is 5.40. The average molecular weight is 492 g/mol. The van der Waals surface area contributed by atoms with Crippen molar-refractivity contribution in [2.45, 2.75) is 10.8 Å². The molecule has 0 aliphatic heterocycles. The molecular weight excluding hydrogens is 474 g/mol. The molecule has 0 radical (unpaired) electrons. The quantitative estimate of drug-likeness (QED) is 0.244. The molecule has 7 nitrogen and oxygen atoms in total. The third kappa shape index (κ3) is 5.00. The Balaban J connectivity index is 1.65. The Bertz CT molecular complexity index is 1340. The Labute approximate surface area is 203 Å². The largest absolute Gasteiger partial charge is 0.491 e. The van der Waals surface area contributed by atoms with Crippen LogP contribution >= 0.6 is 34.4 Å². The Morgan fingerprint density at radius 2 is 2.00 bits per heavy atom. The van der Waals surface area contributed by atoms with Crippen molar-refractivity contribution in [3.8, 4) is 33.5 Å². The van der Waals surface area contributed by atoms with Crippen molar-refractivity contribution in [3.05, 3.63) is 69.1 Å². The predicted molar refractivity (Wildman–Crippen MR) is 133 cm³/mol. The molecule has 1 aromatic carbocycles. The van der Waals surface area contributed by atoms with Gasteiger partial charge in [0.2, 0.25) is 5.69 Å². The van der Waals surface area contributed by atoms with E-state index >= 15 is 0 Å². The number of thiophene rings is 1. The molecule has 0 aliphatic rings. The molecule has 0 spiro atoms. The van der Waals surface area contributed by atoms with Crippen molar-refractivity contribution < 1.29 is 9.84 Å². The minimum absolute atomic E-state index is 0.0827. The minimum atomic E-state index is -0.0859. The average Bonchev–Trinajstić information content (AvgIpc) is 3.53. The Morgan fingerprint density at radius 3 is 2.67 bits per heavy atom. The highest BCUT2D eigenvalue weighted by atomic mass is 32.2. The second-order valence-electron chi connectivity index (χ2n) is 6.67. The highest BCUT2D eigenvalue weighted by molar-refractivity contribution is 7.98. The van der Waals surface area contributed by atoms with Crippen LogP contribution in [-0.2, 0) is 5.75 Å². The van der Waals surface area contributed by atoms with Crippen LogP contribution in [0.4, 0.5) is 11.5 Å². The van der Waals surface area contributed by atoms with Gasteiger partial charge in [0.25, 0.3) is 0 Å². The van der Waals surface area contributed by atoms with E-state index in [9.17, 15) is 5.26 Å². The van der Waals surface area contributed by atoms with E-state index in [1.165, 1.54) is 11.8 Å². The standard InChI is InChI=1S/C23H17N5O2S3/c1-26-20-19(14-2-4-17(5-3-14)30-8-7-29)18(10-24)23(28-21(20)25)33-13-16-12-32-22(27-16)15-6-9-31-11-15/h2-6,9,11-12,29H,7-8,13H2,(H2,25,28). The van der Waals surface area contributed by atoms with Crippen molar-refractivity contribution in [3.63, 3.8) is 0 Å². The van der Waals surface area contributed by atoms with Gasteiger partial charge >= 0.3 is 0 Å². The molecule has 0 saturated heterocycles. The van der Waals surface area contributed by atoms with Gasteiger partial charge in [0.05, 0.1) is 24.4 Å². The van der Waals surface area contributed by atoms with Crippen molar-refractivity contribution in [1.82, 2.24) is 9.97 Å². The number of nitrogens with two attached hydrogens (primary N) is 1. The van der Waals surface area contributed by atoms with Crippen LogP contribution in [0.1, 0.15) is 11.3 Å². The van der Waals surface area contributed by atoms with Crippen molar-refractivity contribution in [2.24, 2.45) is 0 Å². The van der Waals surface area contributed by atoms with E-state index in [0.717, 1.165) is 16.3 Å². The van der Waals surface area contributed by atoms with Gasteiger partial charge in [0.15, 0.2) is 0 Å². The summed E-state index contributed by atoms with van der Waals surface area (Å²) in [6.07, 6.45) is 0. The van der Waals surface area contributed by atoms with Crippen molar-refractivity contribution >= 4 is 45.9 Å². The summed E-state index contributed by atoms with van der Waals surface area (Å²) in [5.74, 6) is 1.18. The van der Waals surface area contributed by atoms with Gasteiger partial charge < -0.3 is 15.6 Å². The fourth-order valence-electron chi connectivity index (χ4n) is 3.09. The molecule has 0 atom stereocenters. The van der Waals surface area contributed by atoms with E-state index in [-0.39, 0.29) is 24.7 Å². The number of anilines is 1. The van der Waals surface area contributed by atoms with Crippen LogP contribution in [0, 0.1) is 17.9 Å². The molecule has 10 heteroatoms. The second-order valence-corrected chi connectivity index (χ2v) is 9.27. The van der Waals surface area contributed by atoms with Crippen molar-refractivity contribution in [1.29, 1.82) is 5.26 Å². The Morgan fingerprint density at radius 1 is 1.18 bits per heavy atom. The van der Waals surface area contributed by atoms with E-state index in [4.69, 9.17) is 22.1 Å². The van der Waals surface area contributed by atoms with Gasteiger partial charge in [0, 0.05) is 27.6 Å². The summed E-state index contributed by atoms with van der Waals surface area (Å²) in [4.78, 5) is 12.6. The van der Waals surface area contributed by atoms with E-state index in [1.54, 1.807) is 46.9 Å². The van der Waals surface area contributed by atoms with Crippen LogP contribution in [0.3, 0.4) is 0 Å². The first-order chi connectivity index (χ1) is 16.1. The van der Waals surface area contributed by atoms with E-state index < -0.39 is 0 Å². The maximum atomic E-state index is 9.96. The van der Waals surface area contributed by atoms with Gasteiger partial charge in [-0.2, -0.15) is 16.6 Å². The van der Waals surface area contributed by atoms with Crippen LogP contribution in [0.25, 0.3) is 26.5 Å². The number of hydrogen-bond acceptors (Lipinski definition) is 9. The first-order valence-corrected chi connectivity index (χ1v) is 12.5. The maximum Gasteiger partial charge on any atom is 0.236 e. The summed E-state index contributed by atoms with van der Waals surface area (Å²) in [5, 5.41) is 26.4. The summed E-state index contributed by atoms with van der Waals surface area (Å²) >= 11 is 4.57.